The Morgan fingerprint density at radius 3 is 1.50 bits per heavy atom. The van der Waals surface area contributed by atoms with Gasteiger partial charge in [-0.1, -0.05) is 51.4 Å². The van der Waals surface area contributed by atoms with Gasteiger partial charge in [-0.2, -0.15) is 5.48 Å². The van der Waals surface area contributed by atoms with Crippen LogP contribution in [0.3, 0.4) is 0 Å². The Kier molecular flexibility index (Phi) is 38.5. The van der Waals surface area contributed by atoms with Crippen LogP contribution in [-0.2, 0) is 57.4 Å². The molecule has 408 valence electrons. The third-order valence-corrected chi connectivity index (χ3v) is 11.0. The van der Waals surface area contributed by atoms with Crippen LogP contribution in [0, 0.1) is 0 Å². The minimum Gasteiger partial charge on any atom is -0.394 e. The molecule has 1 heterocycles. The average molecular weight is 1010 g/mol. The van der Waals surface area contributed by atoms with Crippen molar-refractivity contribution in [3.8, 4) is 0 Å². The predicted octanol–water partition coefficient (Wildman–Crippen LogP) is -2.74. The van der Waals surface area contributed by atoms with E-state index in [1.54, 1.807) is 0 Å². The van der Waals surface area contributed by atoms with Crippen LogP contribution >= 0.6 is 0 Å². The molecule has 0 aliphatic carbocycles. The number of unbranched alkanes of at least 4 members (excludes halogenated alkanes) is 9. The number of hydrogen-bond donors (Lipinski definition) is 13. The summed E-state index contributed by atoms with van der Waals surface area (Å²) in [4.78, 5) is 83.9. The molecule has 70 heavy (non-hydrogen) atoms. The number of ether oxygens (including phenoxy) is 4. The number of amides is 6. The van der Waals surface area contributed by atoms with Gasteiger partial charge in [0, 0.05) is 65.3 Å². The third kappa shape index (κ3) is 32.3. The van der Waals surface area contributed by atoms with Crippen LogP contribution in [0.2, 0.25) is 0 Å². The van der Waals surface area contributed by atoms with Gasteiger partial charge in [0.05, 0.1) is 46.2 Å². The summed E-state index contributed by atoms with van der Waals surface area (Å²) in [6, 6.07) is -1.12. The van der Waals surface area contributed by atoms with Gasteiger partial charge in [0.1, 0.15) is 36.5 Å². The SMILES string of the molecule is CC(=O)NC1C(O)[C@@H](O)C(CO)O[C@H]1ONCCCNC(=O)CCOCC(COCCC(=O)NCCCN)(COCCC(=O)NCCCN)NC(=O)CCCCCCCCCCCCNC(=O)CON. The molecule has 0 aromatic carbocycles. The van der Waals surface area contributed by atoms with Crippen molar-refractivity contribution in [3.05, 3.63) is 0 Å². The van der Waals surface area contributed by atoms with Crippen molar-refractivity contribution in [3.63, 3.8) is 0 Å². The highest BCUT2D eigenvalue weighted by atomic mass is 16.8. The maximum atomic E-state index is 13.5. The molecule has 0 bridgehead atoms. The van der Waals surface area contributed by atoms with E-state index in [1.165, 1.54) is 6.92 Å². The lowest BCUT2D eigenvalue weighted by Gasteiger charge is -2.41. The summed E-state index contributed by atoms with van der Waals surface area (Å²) in [6.45, 7) is 3.10. The molecule has 25 heteroatoms. The van der Waals surface area contributed by atoms with Gasteiger partial charge in [-0.05, 0) is 45.2 Å². The summed E-state index contributed by atoms with van der Waals surface area (Å²) in [5.41, 5.74) is 12.5. The number of aliphatic hydroxyl groups excluding tert-OH is 3. The monoisotopic (exact) mass is 1010 g/mol. The van der Waals surface area contributed by atoms with Crippen molar-refractivity contribution >= 4 is 35.4 Å². The molecule has 0 saturated carbocycles. The molecule has 0 aromatic heterocycles. The Bertz CT molecular complexity index is 1400. The van der Waals surface area contributed by atoms with Crippen molar-refractivity contribution in [1.82, 2.24) is 37.4 Å². The fourth-order valence-electron chi connectivity index (χ4n) is 7.09. The van der Waals surface area contributed by atoms with Crippen molar-refractivity contribution in [2.75, 3.05) is 98.7 Å². The van der Waals surface area contributed by atoms with Gasteiger partial charge in [0.15, 0.2) is 0 Å². The highest BCUT2D eigenvalue weighted by molar-refractivity contribution is 5.78. The number of nitrogens with two attached hydrogens (primary N) is 3. The van der Waals surface area contributed by atoms with E-state index in [-0.39, 0.29) is 115 Å². The van der Waals surface area contributed by atoms with Crippen LogP contribution in [0.4, 0.5) is 0 Å². The van der Waals surface area contributed by atoms with Gasteiger partial charge < -0.3 is 77.6 Å². The summed E-state index contributed by atoms with van der Waals surface area (Å²) in [7, 11) is 0. The van der Waals surface area contributed by atoms with Gasteiger partial charge in [0.25, 0.3) is 0 Å². The highest BCUT2D eigenvalue weighted by Gasteiger charge is 2.45. The first kappa shape index (κ1) is 64.3. The van der Waals surface area contributed by atoms with Crippen LogP contribution in [0.1, 0.15) is 116 Å². The van der Waals surface area contributed by atoms with Crippen LogP contribution in [0.25, 0.3) is 0 Å². The van der Waals surface area contributed by atoms with E-state index < -0.39 is 48.7 Å². The molecule has 0 radical (unpaired) electrons. The first-order valence-corrected chi connectivity index (χ1v) is 24.9. The zero-order valence-electron chi connectivity index (χ0n) is 41.5. The van der Waals surface area contributed by atoms with Gasteiger partial charge in [-0.15, -0.1) is 0 Å². The number of carbonyl (C=O) groups is 6. The molecular weight excluding hydrogens is 921 g/mol. The van der Waals surface area contributed by atoms with Gasteiger partial charge in [-0.25, -0.2) is 5.90 Å². The summed E-state index contributed by atoms with van der Waals surface area (Å²) in [5, 5.41) is 46.8. The maximum Gasteiger partial charge on any atom is 0.248 e. The molecule has 1 aliphatic heterocycles. The average Bonchev–Trinajstić information content (AvgIpc) is 3.32. The van der Waals surface area contributed by atoms with Gasteiger partial charge >= 0.3 is 0 Å². The lowest BCUT2D eigenvalue weighted by molar-refractivity contribution is -0.286. The Balaban J connectivity index is 2.76. The van der Waals surface area contributed by atoms with E-state index in [4.69, 9.17) is 41.1 Å². The van der Waals surface area contributed by atoms with E-state index in [2.05, 4.69) is 42.2 Å². The molecule has 1 aliphatic rings. The van der Waals surface area contributed by atoms with Crippen molar-refractivity contribution in [2.24, 2.45) is 17.4 Å². The zero-order chi connectivity index (χ0) is 51.7. The van der Waals surface area contributed by atoms with Crippen LogP contribution < -0.4 is 54.7 Å². The molecule has 1 rings (SSSR count). The van der Waals surface area contributed by atoms with Crippen LogP contribution in [0.5, 0.6) is 0 Å². The molecule has 0 aromatic rings. The number of carbonyl (C=O) groups excluding carboxylic acids is 6. The van der Waals surface area contributed by atoms with Gasteiger partial charge in [-0.3, -0.25) is 38.4 Å². The van der Waals surface area contributed by atoms with Crippen molar-refractivity contribution in [2.45, 2.75) is 152 Å². The fourth-order valence-corrected chi connectivity index (χ4v) is 7.09. The van der Waals surface area contributed by atoms with E-state index >= 15 is 0 Å². The molecular formula is C45H88N10O15. The smallest absolute Gasteiger partial charge is 0.248 e. The highest BCUT2D eigenvalue weighted by Crippen LogP contribution is 2.22. The van der Waals surface area contributed by atoms with E-state index in [1.807, 2.05) is 0 Å². The Hall–Kier alpha value is -3.70. The predicted molar refractivity (Wildman–Crippen MR) is 257 cm³/mol. The maximum absolute atomic E-state index is 13.5. The standard InChI is InChI=1S/C45H88N10O15/c1-34(57)54-41-43(64)42(63)35(29-56)69-44(41)70-53-25-14-24-51-38(60)18-28-67-33-45(31-65-26-16-36(58)49-22-12-19-46,32-66-27-17-37(59)50-23-13-20-47)55-39(61)15-10-8-6-4-2-3-5-7-9-11-21-52-40(62)30-68-48/h35,41-44,53,56,63-64H,2-33,46-48H2,1H3,(H,49,58)(H,50,59)(H,51,60)(H,52,62)(H,54,57)(H,55,61)/t35?,41?,42-,43?,44-/m0/s1. The summed E-state index contributed by atoms with van der Waals surface area (Å²) < 4.78 is 23.4. The van der Waals surface area contributed by atoms with Crippen molar-refractivity contribution in [1.29, 1.82) is 0 Å². The summed E-state index contributed by atoms with van der Waals surface area (Å²) in [5.74, 6) is 3.20. The second kappa shape index (κ2) is 41.9. The minimum atomic E-state index is -1.46. The first-order chi connectivity index (χ1) is 33.8. The summed E-state index contributed by atoms with van der Waals surface area (Å²) in [6.07, 6.45) is 6.63. The second-order valence-electron chi connectivity index (χ2n) is 17.3. The van der Waals surface area contributed by atoms with Gasteiger partial charge in [0.2, 0.25) is 41.7 Å². The molecule has 0 spiro atoms. The molecule has 1 fully saturated rings. The number of hydrogen-bond acceptors (Lipinski definition) is 19. The number of hydroxylamine groups is 1. The molecule has 16 N–H and O–H groups in total. The number of aliphatic hydroxyl groups is 3. The Labute approximate surface area is 413 Å². The molecule has 1 saturated heterocycles. The normalized spacial score (nSPS) is 18.0. The Morgan fingerprint density at radius 1 is 0.571 bits per heavy atom. The second-order valence-corrected chi connectivity index (χ2v) is 17.3. The zero-order valence-corrected chi connectivity index (χ0v) is 41.5. The molecule has 5 atom stereocenters. The molecule has 3 unspecified atom stereocenters. The topological polar surface area (TPSA) is 381 Å². The fraction of sp³-hybridized carbons (Fsp3) is 0.867. The van der Waals surface area contributed by atoms with E-state index in [9.17, 15) is 44.1 Å². The quantitative estimate of drug-likeness (QED) is 0.0217. The van der Waals surface area contributed by atoms with Crippen LogP contribution in [0.15, 0.2) is 0 Å². The Morgan fingerprint density at radius 2 is 1.03 bits per heavy atom. The molecule has 25 nitrogen and oxygen atoms in total. The van der Waals surface area contributed by atoms with Crippen molar-refractivity contribution < 1.29 is 72.7 Å². The van der Waals surface area contributed by atoms with Crippen LogP contribution in [-0.4, -0.2) is 186 Å². The molecule has 6 amide bonds. The number of rotatable bonds is 45. The largest absolute Gasteiger partial charge is 0.394 e. The summed E-state index contributed by atoms with van der Waals surface area (Å²) >= 11 is 0. The third-order valence-electron chi connectivity index (χ3n) is 11.0. The van der Waals surface area contributed by atoms with E-state index in [0.717, 1.165) is 57.8 Å². The number of nitrogens with one attached hydrogen (secondary N) is 7. The first-order valence-electron chi connectivity index (χ1n) is 24.9. The van der Waals surface area contributed by atoms with E-state index in [0.29, 0.717) is 58.4 Å². The minimum absolute atomic E-state index is 0.0229. The lowest BCUT2D eigenvalue weighted by atomic mass is 9.97. The lowest BCUT2D eigenvalue weighted by Crippen LogP contribution is -2.65.